The highest BCUT2D eigenvalue weighted by Crippen LogP contribution is 2.18. The molecule has 7 nitrogen and oxygen atoms in total. The van der Waals surface area contributed by atoms with Crippen LogP contribution >= 0.6 is 0 Å². The topological polar surface area (TPSA) is 93.9 Å². The molecule has 7 heteroatoms. The lowest BCUT2D eigenvalue weighted by Gasteiger charge is -2.33. The van der Waals surface area contributed by atoms with Gasteiger partial charge < -0.3 is 25.4 Å². The molecule has 1 fully saturated rings. The first kappa shape index (κ1) is 21.0. The Morgan fingerprint density at radius 3 is 2.59 bits per heavy atom. The maximum Gasteiger partial charge on any atom is 0.410 e. The molecule has 0 spiro atoms. The largest absolute Gasteiger partial charge is 0.462 e. The Kier molecular flexibility index (Phi) is 7.07. The molecule has 3 N–H and O–H groups in total. The summed E-state index contributed by atoms with van der Waals surface area (Å²) in [5.74, 6) is -0.350. The van der Waals surface area contributed by atoms with Gasteiger partial charge in [-0.3, -0.25) is 0 Å². The minimum atomic E-state index is -0.482. The predicted molar refractivity (Wildman–Crippen MR) is 104 cm³/mol. The number of piperidine rings is 1. The first-order chi connectivity index (χ1) is 12.7. The minimum absolute atomic E-state index is 0.244. The van der Waals surface area contributed by atoms with Crippen LogP contribution < -0.4 is 11.1 Å². The molecule has 0 aromatic heterocycles. The fourth-order valence-electron chi connectivity index (χ4n) is 2.89. The van der Waals surface area contributed by atoms with Crippen molar-refractivity contribution in [2.75, 3.05) is 19.7 Å². The molecule has 1 amide bonds. The highest BCUT2D eigenvalue weighted by Gasteiger charge is 2.26. The van der Waals surface area contributed by atoms with E-state index in [1.165, 1.54) is 0 Å². The number of carbonyl (C=O) groups excluding carboxylic acids is 2. The monoisotopic (exact) mass is 377 g/mol. The zero-order valence-corrected chi connectivity index (χ0v) is 16.7. The van der Waals surface area contributed by atoms with Crippen molar-refractivity contribution < 1.29 is 19.1 Å². The summed E-state index contributed by atoms with van der Waals surface area (Å²) in [6.07, 6.45) is 8.47. The summed E-state index contributed by atoms with van der Waals surface area (Å²) in [5.41, 5.74) is 6.93. The third-order valence-corrected chi connectivity index (χ3v) is 4.33. The van der Waals surface area contributed by atoms with Crippen LogP contribution in [0.1, 0.15) is 40.5 Å². The SMILES string of the molecule is CCOC(=O)C1=C/C(=C/NC2CCN(C(=O)OC(C)(C)C)CC2)C(N)C=C1. The van der Waals surface area contributed by atoms with Crippen LogP contribution in [0.3, 0.4) is 0 Å². The van der Waals surface area contributed by atoms with E-state index in [4.69, 9.17) is 15.2 Å². The summed E-state index contributed by atoms with van der Waals surface area (Å²) in [4.78, 5) is 25.7. The van der Waals surface area contributed by atoms with Gasteiger partial charge in [-0.15, -0.1) is 0 Å². The van der Waals surface area contributed by atoms with Gasteiger partial charge in [-0.05, 0) is 58.3 Å². The average molecular weight is 377 g/mol. The van der Waals surface area contributed by atoms with Crippen LogP contribution in [0.4, 0.5) is 4.79 Å². The van der Waals surface area contributed by atoms with Crippen molar-refractivity contribution in [1.29, 1.82) is 0 Å². The van der Waals surface area contributed by atoms with Gasteiger partial charge in [0.15, 0.2) is 0 Å². The molecule has 150 valence electrons. The molecule has 0 aromatic rings. The molecule has 1 aliphatic heterocycles. The molecule has 1 saturated heterocycles. The summed E-state index contributed by atoms with van der Waals surface area (Å²) in [7, 11) is 0. The predicted octanol–water partition coefficient (Wildman–Crippen LogP) is 2.25. The second-order valence-corrected chi connectivity index (χ2v) is 7.76. The fraction of sp³-hybridized carbons (Fsp3) is 0.600. The number of ether oxygens (including phenoxy) is 2. The van der Waals surface area contributed by atoms with Gasteiger partial charge in [0.2, 0.25) is 0 Å². The van der Waals surface area contributed by atoms with Crippen LogP contribution in [0, 0.1) is 0 Å². The van der Waals surface area contributed by atoms with Crippen molar-refractivity contribution in [2.24, 2.45) is 5.73 Å². The third kappa shape index (κ3) is 6.43. The summed E-state index contributed by atoms with van der Waals surface area (Å²) >= 11 is 0. The Balaban J connectivity index is 1.88. The molecule has 0 aromatic carbocycles. The van der Waals surface area contributed by atoms with Crippen LogP contribution in [-0.4, -0.2) is 54.3 Å². The van der Waals surface area contributed by atoms with E-state index in [9.17, 15) is 9.59 Å². The number of amides is 1. The normalized spacial score (nSPS) is 22.4. The summed E-state index contributed by atoms with van der Waals surface area (Å²) in [6, 6.07) is -0.0220. The van der Waals surface area contributed by atoms with Crippen LogP contribution in [-0.2, 0) is 14.3 Å². The molecular formula is C20H31N3O4. The van der Waals surface area contributed by atoms with E-state index >= 15 is 0 Å². The minimum Gasteiger partial charge on any atom is -0.462 e. The number of nitrogens with zero attached hydrogens (tertiary/aromatic N) is 1. The molecule has 27 heavy (non-hydrogen) atoms. The molecule has 1 atom stereocenters. The van der Waals surface area contributed by atoms with Gasteiger partial charge in [-0.2, -0.15) is 0 Å². The number of nitrogens with two attached hydrogens (primary N) is 1. The molecule has 2 rings (SSSR count). The maximum atomic E-state index is 12.1. The Morgan fingerprint density at radius 1 is 1.33 bits per heavy atom. The van der Waals surface area contributed by atoms with Gasteiger partial charge in [0.25, 0.3) is 0 Å². The number of esters is 1. The maximum absolute atomic E-state index is 12.1. The molecule has 1 heterocycles. The lowest BCUT2D eigenvalue weighted by molar-refractivity contribution is -0.138. The molecule has 2 aliphatic rings. The van der Waals surface area contributed by atoms with E-state index in [2.05, 4.69) is 5.32 Å². The number of hydrogen-bond donors (Lipinski definition) is 2. The zero-order valence-electron chi connectivity index (χ0n) is 16.7. The van der Waals surface area contributed by atoms with Gasteiger partial charge in [0.05, 0.1) is 12.2 Å². The number of hydrogen-bond acceptors (Lipinski definition) is 6. The number of carbonyl (C=O) groups is 2. The van der Waals surface area contributed by atoms with E-state index in [1.807, 2.05) is 27.0 Å². The van der Waals surface area contributed by atoms with Gasteiger partial charge in [-0.25, -0.2) is 9.59 Å². The van der Waals surface area contributed by atoms with E-state index in [1.54, 1.807) is 30.1 Å². The van der Waals surface area contributed by atoms with Crippen LogP contribution in [0.5, 0.6) is 0 Å². The Hall–Kier alpha value is -2.28. The second kappa shape index (κ2) is 9.08. The highest BCUT2D eigenvalue weighted by molar-refractivity contribution is 5.92. The zero-order chi connectivity index (χ0) is 20.0. The van der Waals surface area contributed by atoms with Crippen molar-refractivity contribution in [1.82, 2.24) is 10.2 Å². The molecule has 1 aliphatic carbocycles. The lowest BCUT2D eigenvalue weighted by atomic mass is 9.98. The molecule has 0 bridgehead atoms. The second-order valence-electron chi connectivity index (χ2n) is 7.76. The van der Waals surface area contributed by atoms with E-state index in [-0.39, 0.29) is 24.1 Å². The number of likely N-dealkylation sites (tertiary alicyclic amines) is 1. The molecule has 1 unspecified atom stereocenters. The first-order valence-electron chi connectivity index (χ1n) is 9.46. The van der Waals surface area contributed by atoms with Crippen LogP contribution in [0.25, 0.3) is 0 Å². The van der Waals surface area contributed by atoms with E-state index < -0.39 is 5.60 Å². The number of rotatable bonds is 4. The van der Waals surface area contributed by atoms with Crippen molar-refractivity contribution in [2.45, 2.75) is 58.2 Å². The summed E-state index contributed by atoms with van der Waals surface area (Å²) in [6.45, 7) is 9.00. The van der Waals surface area contributed by atoms with Gasteiger partial charge in [0.1, 0.15) is 5.60 Å². The Morgan fingerprint density at radius 2 is 2.00 bits per heavy atom. The average Bonchev–Trinajstić information content (AvgIpc) is 2.60. The fourth-order valence-corrected chi connectivity index (χ4v) is 2.89. The number of nitrogens with one attached hydrogen (secondary N) is 1. The van der Waals surface area contributed by atoms with Crippen molar-refractivity contribution in [3.63, 3.8) is 0 Å². The summed E-state index contributed by atoms with van der Waals surface area (Å²) in [5, 5.41) is 3.37. The Bertz CT molecular complexity index is 638. The van der Waals surface area contributed by atoms with Crippen LogP contribution in [0.15, 0.2) is 35.6 Å². The van der Waals surface area contributed by atoms with E-state index in [0.717, 1.165) is 18.4 Å². The molecule has 0 saturated carbocycles. The lowest BCUT2D eigenvalue weighted by Crippen LogP contribution is -2.45. The van der Waals surface area contributed by atoms with E-state index in [0.29, 0.717) is 25.3 Å². The summed E-state index contributed by atoms with van der Waals surface area (Å²) < 4.78 is 10.4. The first-order valence-corrected chi connectivity index (χ1v) is 9.46. The smallest absolute Gasteiger partial charge is 0.410 e. The Labute approximate surface area is 161 Å². The van der Waals surface area contributed by atoms with Gasteiger partial charge in [-0.1, -0.05) is 6.08 Å². The van der Waals surface area contributed by atoms with Gasteiger partial charge in [0, 0.05) is 31.4 Å². The highest BCUT2D eigenvalue weighted by atomic mass is 16.6. The van der Waals surface area contributed by atoms with Crippen molar-refractivity contribution in [3.05, 3.63) is 35.6 Å². The third-order valence-electron chi connectivity index (χ3n) is 4.33. The van der Waals surface area contributed by atoms with Crippen LogP contribution in [0.2, 0.25) is 0 Å². The van der Waals surface area contributed by atoms with Gasteiger partial charge >= 0.3 is 12.1 Å². The quantitative estimate of drug-likeness (QED) is 0.730. The molecular weight excluding hydrogens is 346 g/mol. The van der Waals surface area contributed by atoms with Crippen molar-refractivity contribution in [3.8, 4) is 0 Å². The standard InChI is InChI=1S/C20H31N3O4/c1-5-26-18(24)14-6-7-17(21)15(12-14)13-22-16-8-10-23(11-9-16)19(25)27-20(2,3)4/h6-7,12-13,16-17,22H,5,8-11,21H2,1-4H3/b15-13-. The molecule has 0 radical (unpaired) electrons. The van der Waals surface area contributed by atoms with Crippen molar-refractivity contribution >= 4 is 12.1 Å².